The van der Waals surface area contributed by atoms with Gasteiger partial charge in [0.1, 0.15) is 22.3 Å². The van der Waals surface area contributed by atoms with Crippen LogP contribution in [0.1, 0.15) is 25.7 Å². The van der Waals surface area contributed by atoms with Crippen LogP contribution in [0, 0.1) is 0 Å². The summed E-state index contributed by atoms with van der Waals surface area (Å²) in [5.74, 6) is 0. The quantitative estimate of drug-likeness (QED) is 0.0941. The van der Waals surface area contributed by atoms with Crippen molar-refractivity contribution in [3.05, 3.63) is 84.9 Å². The average molecular weight is 663 g/mol. The van der Waals surface area contributed by atoms with Gasteiger partial charge in [-0.05, 0) is 94.3 Å². The molecule has 0 saturated carbocycles. The molecule has 0 radical (unpaired) electrons. The predicted molar refractivity (Wildman–Crippen MR) is 182 cm³/mol. The Morgan fingerprint density at radius 1 is 0.478 bits per heavy atom. The average Bonchev–Trinajstić information content (AvgIpc) is 3.63. The zero-order valence-corrected chi connectivity index (χ0v) is 27.1. The van der Waals surface area contributed by atoms with E-state index in [0.29, 0.717) is 61.2 Å². The molecule has 0 bridgehead atoms. The molecule has 0 amide bonds. The smallest absolute Gasteiger partial charge is 0.241 e. The number of sulfonamides is 2. The topological polar surface area (TPSA) is 143 Å². The van der Waals surface area contributed by atoms with Crippen LogP contribution in [0.25, 0.3) is 43.9 Å². The molecule has 0 aliphatic heterocycles. The molecule has 4 N–H and O–H groups in total. The lowest BCUT2D eigenvalue weighted by Crippen LogP contribution is -2.28. The lowest BCUT2D eigenvalue weighted by molar-refractivity contribution is 0.553. The maximum Gasteiger partial charge on any atom is 0.241 e. The van der Waals surface area contributed by atoms with E-state index in [4.69, 9.17) is 8.83 Å². The summed E-state index contributed by atoms with van der Waals surface area (Å²) >= 11 is 0. The molecule has 0 unspecified atom stereocenters. The summed E-state index contributed by atoms with van der Waals surface area (Å²) in [6, 6.07) is 25.1. The van der Waals surface area contributed by atoms with Crippen LogP contribution in [-0.2, 0) is 20.0 Å². The second-order valence-corrected chi connectivity index (χ2v) is 14.7. The van der Waals surface area contributed by atoms with Gasteiger partial charge in [-0.1, -0.05) is 42.5 Å². The van der Waals surface area contributed by atoms with Gasteiger partial charge in [-0.15, -0.1) is 0 Å². The van der Waals surface area contributed by atoms with Gasteiger partial charge < -0.3 is 19.5 Å². The molecule has 46 heavy (non-hydrogen) atoms. The second kappa shape index (κ2) is 14.3. The molecule has 0 spiro atoms. The Balaban J connectivity index is 0.825. The first kappa shape index (κ1) is 32.2. The molecule has 2 heterocycles. The maximum absolute atomic E-state index is 13.1. The summed E-state index contributed by atoms with van der Waals surface area (Å²) in [7, 11) is -7.30. The fourth-order valence-electron chi connectivity index (χ4n) is 5.59. The molecular weight excluding hydrogens is 625 g/mol. The minimum Gasteiger partial charge on any atom is -0.456 e. The van der Waals surface area contributed by atoms with Gasteiger partial charge in [0, 0.05) is 34.6 Å². The van der Waals surface area contributed by atoms with E-state index in [2.05, 4.69) is 20.1 Å². The highest BCUT2D eigenvalue weighted by Gasteiger charge is 2.21. The lowest BCUT2D eigenvalue weighted by Gasteiger charge is -2.09. The Labute approximate surface area is 268 Å². The largest absolute Gasteiger partial charge is 0.456 e. The Kier molecular flexibility index (Phi) is 10.0. The van der Waals surface area contributed by atoms with Crippen molar-refractivity contribution in [2.24, 2.45) is 0 Å². The van der Waals surface area contributed by atoms with Crippen molar-refractivity contribution >= 4 is 63.9 Å². The number of rotatable bonds is 17. The minimum absolute atomic E-state index is 0.227. The first-order valence-electron chi connectivity index (χ1n) is 15.6. The summed E-state index contributed by atoms with van der Waals surface area (Å²) in [6.07, 6.45) is 3.30. The highest BCUT2D eigenvalue weighted by Crippen LogP contribution is 2.33. The van der Waals surface area contributed by atoms with Gasteiger partial charge in [-0.25, -0.2) is 26.3 Å². The van der Waals surface area contributed by atoms with Crippen LogP contribution < -0.4 is 20.1 Å². The fraction of sp³-hybridized carbons (Fsp3) is 0.294. The highest BCUT2D eigenvalue weighted by atomic mass is 32.2. The number of hydrogen-bond donors (Lipinski definition) is 4. The Bertz CT molecular complexity index is 2170. The van der Waals surface area contributed by atoms with E-state index >= 15 is 0 Å². The first-order chi connectivity index (χ1) is 22.3. The maximum atomic E-state index is 13.1. The molecular formula is C34H38N4O6S2. The minimum atomic E-state index is -3.69. The SMILES string of the molecule is O=S(=O)(NCCCNCCCCNCCCNS(=O)(=O)c1cccc2oc3ccccc3c12)c1ccc2oc3ccccc3c2c1. The van der Waals surface area contributed by atoms with Gasteiger partial charge in [0.15, 0.2) is 0 Å². The van der Waals surface area contributed by atoms with E-state index < -0.39 is 20.0 Å². The van der Waals surface area contributed by atoms with E-state index in [0.717, 1.165) is 47.7 Å². The monoisotopic (exact) mass is 662 g/mol. The van der Waals surface area contributed by atoms with Crippen LogP contribution in [0.15, 0.2) is 104 Å². The van der Waals surface area contributed by atoms with Crippen LogP contribution in [0.2, 0.25) is 0 Å². The summed E-state index contributed by atoms with van der Waals surface area (Å²) in [5, 5.41) is 9.79. The number of hydrogen-bond acceptors (Lipinski definition) is 8. The third-order valence-corrected chi connectivity index (χ3v) is 10.9. The molecule has 6 rings (SSSR count). The van der Waals surface area contributed by atoms with Gasteiger partial charge in [-0.2, -0.15) is 0 Å². The standard InChI is InChI=1S/C34H38N4O6S2/c39-45(40,25-16-17-31-28(24-25)26-10-1-3-12-29(26)43-31)37-22-8-20-35-18-5-6-19-36-21-9-23-38-46(41,42)33-15-7-14-32-34(33)27-11-2-4-13-30(27)44-32/h1-4,7,10-17,24,35-38H,5-6,8-9,18-23H2. The Hall–Kier alpha value is -3.78. The van der Waals surface area contributed by atoms with Crippen molar-refractivity contribution in [2.45, 2.75) is 35.5 Å². The van der Waals surface area contributed by atoms with E-state index in [1.807, 2.05) is 48.5 Å². The summed E-state index contributed by atoms with van der Waals surface area (Å²) < 4.78 is 68.8. The van der Waals surface area contributed by atoms with Crippen molar-refractivity contribution in [1.82, 2.24) is 20.1 Å². The Morgan fingerprint density at radius 2 is 1.02 bits per heavy atom. The zero-order valence-electron chi connectivity index (χ0n) is 25.4. The molecule has 2 aromatic heterocycles. The van der Waals surface area contributed by atoms with E-state index in [1.54, 1.807) is 36.4 Å². The predicted octanol–water partition coefficient (Wildman–Crippen LogP) is 5.48. The van der Waals surface area contributed by atoms with Crippen LogP contribution >= 0.6 is 0 Å². The van der Waals surface area contributed by atoms with E-state index in [-0.39, 0.29) is 9.79 Å². The number of furan rings is 2. The summed E-state index contributed by atoms with van der Waals surface area (Å²) in [4.78, 5) is 0.457. The summed E-state index contributed by atoms with van der Waals surface area (Å²) in [6.45, 7) is 3.78. The first-order valence-corrected chi connectivity index (χ1v) is 18.5. The van der Waals surface area contributed by atoms with Crippen LogP contribution in [0.4, 0.5) is 0 Å². The van der Waals surface area contributed by atoms with Crippen LogP contribution in [0.5, 0.6) is 0 Å². The molecule has 12 heteroatoms. The zero-order chi connectivity index (χ0) is 32.0. The molecule has 0 atom stereocenters. The number of para-hydroxylation sites is 2. The number of nitrogens with one attached hydrogen (secondary N) is 4. The van der Waals surface area contributed by atoms with Gasteiger partial charge in [0.2, 0.25) is 20.0 Å². The third-order valence-electron chi connectivity index (χ3n) is 7.91. The van der Waals surface area contributed by atoms with Gasteiger partial charge in [-0.3, -0.25) is 0 Å². The van der Waals surface area contributed by atoms with E-state index in [1.165, 1.54) is 0 Å². The van der Waals surface area contributed by atoms with Crippen molar-refractivity contribution in [3.63, 3.8) is 0 Å². The van der Waals surface area contributed by atoms with Crippen LogP contribution in [-0.4, -0.2) is 56.1 Å². The molecule has 0 saturated heterocycles. The molecule has 6 aromatic rings. The lowest BCUT2D eigenvalue weighted by atomic mass is 10.1. The number of fused-ring (bicyclic) bond motifs is 6. The molecule has 4 aromatic carbocycles. The molecule has 0 fully saturated rings. The normalized spacial score (nSPS) is 12.6. The van der Waals surface area contributed by atoms with Gasteiger partial charge in [0.25, 0.3) is 0 Å². The van der Waals surface area contributed by atoms with E-state index in [9.17, 15) is 16.8 Å². The summed E-state index contributed by atoms with van der Waals surface area (Å²) in [5.41, 5.74) is 2.62. The van der Waals surface area contributed by atoms with Crippen molar-refractivity contribution in [3.8, 4) is 0 Å². The molecule has 0 aliphatic rings. The molecule has 0 aliphatic carbocycles. The van der Waals surface area contributed by atoms with Crippen molar-refractivity contribution in [1.29, 1.82) is 0 Å². The van der Waals surface area contributed by atoms with Gasteiger partial charge >= 0.3 is 0 Å². The second-order valence-electron chi connectivity index (χ2n) is 11.2. The Morgan fingerprint density at radius 3 is 1.74 bits per heavy atom. The van der Waals surface area contributed by atoms with Gasteiger partial charge in [0.05, 0.1) is 9.79 Å². The van der Waals surface area contributed by atoms with Crippen molar-refractivity contribution < 1.29 is 25.7 Å². The molecule has 242 valence electrons. The number of benzene rings is 4. The number of unbranched alkanes of at least 4 members (excludes halogenated alkanes) is 1. The third kappa shape index (κ3) is 7.27. The molecule has 10 nitrogen and oxygen atoms in total. The van der Waals surface area contributed by atoms with Crippen LogP contribution in [0.3, 0.4) is 0 Å². The highest BCUT2D eigenvalue weighted by molar-refractivity contribution is 7.90. The fourth-order valence-corrected chi connectivity index (χ4v) is 7.99. The van der Waals surface area contributed by atoms with Crippen molar-refractivity contribution in [2.75, 3.05) is 39.3 Å².